The van der Waals surface area contributed by atoms with E-state index in [1.807, 2.05) is 58.9 Å². The molecular formula is C30H36N2O6S. The quantitative estimate of drug-likeness (QED) is 0.411. The van der Waals surface area contributed by atoms with Gasteiger partial charge >= 0.3 is 0 Å². The van der Waals surface area contributed by atoms with Crippen LogP contribution in [-0.4, -0.2) is 40.7 Å². The van der Waals surface area contributed by atoms with Gasteiger partial charge in [-0.1, -0.05) is 18.2 Å². The molecule has 8 nitrogen and oxygen atoms in total. The van der Waals surface area contributed by atoms with Gasteiger partial charge in [0.15, 0.2) is 11.5 Å². The Hall–Kier alpha value is -3.72. The Morgan fingerprint density at radius 3 is 2.26 bits per heavy atom. The number of carbonyl (C=O) groups is 1. The first-order valence-electron chi connectivity index (χ1n) is 12.7. The third kappa shape index (κ3) is 6.14. The molecule has 1 N–H and O–H groups in total. The minimum absolute atomic E-state index is 0.0138. The SMILES string of the molecule is COc1ccc(S(=O)(=O)N(CC(=O)NC2CC(C)(C)Oc3cc(C)ccc32)c2cc(C)cc(C)c2)cc1OC. The standard InChI is InChI=1S/C30H36N2O6S/c1-19-8-10-24-25(17-30(4,5)38-27(24)15-19)31-29(33)18-32(22-13-20(2)12-21(3)14-22)39(34,35)23-9-11-26(36-6)28(16-23)37-7/h8-16,25H,17-18H2,1-7H3,(H,31,33). The highest BCUT2D eigenvalue weighted by Crippen LogP contribution is 2.40. The molecule has 208 valence electrons. The van der Waals surface area contributed by atoms with Crippen molar-refractivity contribution in [2.75, 3.05) is 25.1 Å². The molecule has 4 rings (SSSR count). The number of methoxy groups -OCH3 is 2. The van der Waals surface area contributed by atoms with Crippen molar-refractivity contribution >= 4 is 21.6 Å². The summed E-state index contributed by atoms with van der Waals surface area (Å²) in [5, 5.41) is 3.07. The maximum Gasteiger partial charge on any atom is 0.264 e. The summed E-state index contributed by atoms with van der Waals surface area (Å²) in [6.07, 6.45) is 0.542. The molecule has 3 aromatic rings. The number of amides is 1. The van der Waals surface area contributed by atoms with Gasteiger partial charge in [-0.15, -0.1) is 0 Å². The zero-order valence-electron chi connectivity index (χ0n) is 23.5. The Kier molecular flexibility index (Phi) is 7.84. The molecule has 0 saturated heterocycles. The van der Waals surface area contributed by atoms with Crippen molar-refractivity contribution in [1.29, 1.82) is 0 Å². The normalized spacial score (nSPS) is 16.0. The van der Waals surface area contributed by atoms with Gasteiger partial charge in [-0.05, 0) is 81.6 Å². The van der Waals surface area contributed by atoms with E-state index in [0.717, 1.165) is 32.3 Å². The van der Waals surface area contributed by atoms with E-state index in [1.54, 1.807) is 12.1 Å². The fourth-order valence-electron chi connectivity index (χ4n) is 4.97. The van der Waals surface area contributed by atoms with Crippen molar-refractivity contribution in [1.82, 2.24) is 5.32 Å². The maximum absolute atomic E-state index is 14.0. The van der Waals surface area contributed by atoms with Gasteiger partial charge in [0.05, 0.1) is 30.8 Å². The van der Waals surface area contributed by atoms with Gasteiger partial charge in [-0.25, -0.2) is 8.42 Å². The third-order valence-corrected chi connectivity index (χ3v) is 8.46. The molecule has 1 unspecified atom stereocenters. The second kappa shape index (κ2) is 10.8. The van der Waals surface area contributed by atoms with Crippen LogP contribution in [0.4, 0.5) is 5.69 Å². The predicted octanol–water partition coefficient (Wildman–Crippen LogP) is 5.24. The smallest absolute Gasteiger partial charge is 0.264 e. The summed E-state index contributed by atoms with van der Waals surface area (Å²) >= 11 is 0. The molecule has 1 heterocycles. The van der Waals surface area contributed by atoms with Crippen LogP contribution in [0.15, 0.2) is 59.5 Å². The highest BCUT2D eigenvalue weighted by Gasteiger charge is 2.36. The Balaban J connectivity index is 1.71. The number of carbonyl (C=O) groups excluding carboxylic acids is 1. The van der Waals surface area contributed by atoms with Crippen LogP contribution in [0.3, 0.4) is 0 Å². The molecule has 0 bridgehead atoms. The third-order valence-electron chi connectivity index (χ3n) is 6.69. The molecule has 0 spiro atoms. The molecule has 0 fully saturated rings. The van der Waals surface area contributed by atoms with Crippen LogP contribution < -0.4 is 23.8 Å². The number of hydrogen-bond acceptors (Lipinski definition) is 6. The van der Waals surface area contributed by atoms with Crippen LogP contribution in [0.25, 0.3) is 0 Å². The van der Waals surface area contributed by atoms with Crippen LogP contribution in [0.1, 0.15) is 48.6 Å². The highest BCUT2D eigenvalue weighted by molar-refractivity contribution is 7.92. The average Bonchev–Trinajstić information content (AvgIpc) is 2.85. The second-order valence-electron chi connectivity index (χ2n) is 10.6. The molecule has 1 atom stereocenters. The van der Waals surface area contributed by atoms with Gasteiger partial charge in [0.25, 0.3) is 10.0 Å². The Labute approximate surface area is 230 Å². The topological polar surface area (TPSA) is 94.2 Å². The van der Waals surface area contributed by atoms with E-state index in [9.17, 15) is 13.2 Å². The first-order chi connectivity index (χ1) is 18.3. The number of fused-ring (bicyclic) bond motifs is 1. The minimum atomic E-state index is -4.16. The fourth-order valence-corrected chi connectivity index (χ4v) is 6.39. The lowest BCUT2D eigenvalue weighted by Crippen LogP contribution is -2.45. The van der Waals surface area contributed by atoms with Crippen molar-refractivity contribution in [2.45, 2.75) is 57.6 Å². The van der Waals surface area contributed by atoms with Crippen LogP contribution in [-0.2, 0) is 14.8 Å². The van der Waals surface area contributed by atoms with Gasteiger partial charge in [0.2, 0.25) is 5.91 Å². The zero-order chi connectivity index (χ0) is 28.5. The molecule has 0 aromatic heterocycles. The van der Waals surface area contributed by atoms with E-state index in [0.29, 0.717) is 17.9 Å². The number of rotatable bonds is 8. The summed E-state index contributed by atoms with van der Waals surface area (Å²) in [5.41, 5.74) is 3.59. The number of hydrogen-bond donors (Lipinski definition) is 1. The minimum Gasteiger partial charge on any atom is -0.493 e. The lowest BCUT2D eigenvalue weighted by Gasteiger charge is -2.38. The number of nitrogens with one attached hydrogen (secondary N) is 1. The highest BCUT2D eigenvalue weighted by atomic mass is 32.2. The molecule has 0 aliphatic carbocycles. The van der Waals surface area contributed by atoms with Crippen LogP contribution in [0, 0.1) is 20.8 Å². The molecule has 1 amide bonds. The Morgan fingerprint density at radius 2 is 1.62 bits per heavy atom. The van der Waals surface area contributed by atoms with Gasteiger partial charge < -0.3 is 19.5 Å². The van der Waals surface area contributed by atoms with Crippen LogP contribution >= 0.6 is 0 Å². The van der Waals surface area contributed by atoms with Gasteiger partial charge in [0.1, 0.15) is 17.9 Å². The van der Waals surface area contributed by atoms with Gasteiger partial charge in [-0.3, -0.25) is 9.10 Å². The summed E-state index contributed by atoms with van der Waals surface area (Å²) in [5.74, 6) is 0.982. The molecule has 39 heavy (non-hydrogen) atoms. The number of benzene rings is 3. The molecule has 0 radical (unpaired) electrons. The number of aryl methyl sites for hydroxylation is 3. The number of ether oxygens (including phenoxy) is 3. The van der Waals surface area contributed by atoms with E-state index >= 15 is 0 Å². The summed E-state index contributed by atoms with van der Waals surface area (Å²) < 4.78 is 46.0. The van der Waals surface area contributed by atoms with Crippen molar-refractivity contribution in [3.05, 3.63) is 76.9 Å². The van der Waals surface area contributed by atoms with Crippen LogP contribution in [0.2, 0.25) is 0 Å². The number of nitrogens with zero attached hydrogens (tertiary/aromatic N) is 1. The van der Waals surface area contributed by atoms with E-state index in [-0.39, 0.29) is 16.7 Å². The first kappa shape index (κ1) is 28.3. The van der Waals surface area contributed by atoms with Crippen molar-refractivity contribution < 1.29 is 27.4 Å². The number of sulfonamides is 1. The van der Waals surface area contributed by atoms with E-state index < -0.39 is 28.1 Å². The average molecular weight is 553 g/mol. The zero-order valence-corrected chi connectivity index (χ0v) is 24.3. The molecule has 1 aliphatic heterocycles. The van der Waals surface area contributed by atoms with Crippen molar-refractivity contribution in [3.63, 3.8) is 0 Å². The van der Waals surface area contributed by atoms with E-state index in [4.69, 9.17) is 14.2 Å². The maximum atomic E-state index is 14.0. The van der Waals surface area contributed by atoms with Crippen molar-refractivity contribution in [2.24, 2.45) is 0 Å². The fraction of sp³-hybridized carbons (Fsp3) is 0.367. The predicted molar refractivity (Wildman–Crippen MR) is 151 cm³/mol. The van der Waals surface area contributed by atoms with E-state index in [2.05, 4.69) is 5.32 Å². The Morgan fingerprint density at radius 1 is 0.949 bits per heavy atom. The molecule has 0 saturated carbocycles. The molecular weight excluding hydrogens is 516 g/mol. The summed E-state index contributed by atoms with van der Waals surface area (Å²) in [6, 6.07) is 15.4. The number of anilines is 1. The summed E-state index contributed by atoms with van der Waals surface area (Å²) in [4.78, 5) is 13.5. The van der Waals surface area contributed by atoms with E-state index in [1.165, 1.54) is 32.4 Å². The lowest BCUT2D eigenvalue weighted by atomic mass is 9.89. The van der Waals surface area contributed by atoms with Gasteiger partial charge in [-0.2, -0.15) is 0 Å². The molecule has 9 heteroatoms. The Bertz CT molecular complexity index is 1480. The summed E-state index contributed by atoms with van der Waals surface area (Å²) in [7, 11) is -1.23. The monoisotopic (exact) mass is 552 g/mol. The van der Waals surface area contributed by atoms with Crippen molar-refractivity contribution in [3.8, 4) is 17.2 Å². The molecule has 3 aromatic carbocycles. The van der Waals surface area contributed by atoms with Gasteiger partial charge in [0, 0.05) is 18.1 Å². The lowest BCUT2D eigenvalue weighted by molar-refractivity contribution is -0.120. The largest absolute Gasteiger partial charge is 0.493 e. The van der Waals surface area contributed by atoms with Crippen LogP contribution in [0.5, 0.6) is 17.2 Å². The summed E-state index contributed by atoms with van der Waals surface area (Å²) in [6.45, 7) is 9.31. The molecule has 1 aliphatic rings. The second-order valence-corrected chi connectivity index (χ2v) is 12.5. The first-order valence-corrected chi connectivity index (χ1v) is 14.2.